The normalized spacial score (nSPS) is 21.8. The number of rotatable bonds is 3. The number of fused-ring (bicyclic) bond motifs is 2. The van der Waals surface area contributed by atoms with Crippen molar-refractivity contribution in [1.82, 2.24) is 4.90 Å². The van der Waals surface area contributed by atoms with Crippen LogP contribution >= 0.6 is 0 Å². The third-order valence-electron chi connectivity index (χ3n) is 5.00. The Balaban J connectivity index is 1.49. The minimum atomic E-state index is -0.412. The Labute approximate surface area is 151 Å². The number of hydrogen-bond acceptors (Lipinski definition) is 2. The van der Waals surface area contributed by atoms with Gasteiger partial charge < -0.3 is 9.80 Å². The fourth-order valence-electron chi connectivity index (χ4n) is 3.81. The van der Waals surface area contributed by atoms with Gasteiger partial charge in [-0.3, -0.25) is 9.59 Å². The summed E-state index contributed by atoms with van der Waals surface area (Å²) < 4.78 is 13.2. The number of hydrogen-bond donors (Lipinski definition) is 0. The Morgan fingerprint density at radius 2 is 2.00 bits per heavy atom. The maximum absolute atomic E-state index is 13.2. The Morgan fingerprint density at radius 3 is 2.73 bits per heavy atom. The number of halogens is 1. The highest BCUT2D eigenvalue weighted by atomic mass is 19.1. The van der Waals surface area contributed by atoms with Crippen LogP contribution in [0.5, 0.6) is 0 Å². The van der Waals surface area contributed by atoms with Crippen molar-refractivity contribution in [2.75, 3.05) is 11.4 Å². The zero-order valence-electron chi connectivity index (χ0n) is 14.4. The molecule has 4 rings (SSSR count). The molecule has 2 saturated heterocycles. The first-order valence-corrected chi connectivity index (χ1v) is 8.67. The minimum absolute atomic E-state index is 0.0146. The minimum Gasteiger partial charge on any atom is -0.325 e. The number of carbonyl (C=O) groups is 2. The molecule has 5 heteroatoms. The van der Waals surface area contributed by atoms with Crippen LogP contribution in [-0.4, -0.2) is 35.3 Å². The molecule has 2 aliphatic heterocycles. The highest BCUT2D eigenvalue weighted by Crippen LogP contribution is 2.36. The molecule has 2 heterocycles. The molecular formula is C21H19FN2O2. The zero-order valence-corrected chi connectivity index (χ0v) is 14.4. The largest absolute Gasteiger partial charge is 0.325 e. The van der Waals surface area contributed by atoms with Gasteiger partial charge in [-0.2, -0.15) is 0 Å². The Morgan fingerprint density at radius 1 is 1.19 bits per heavy atom. The van der Waals surface area contributed by atoms with Crippen LogP contribution in [-0.2, 0) is 9.59 Å². The van der Waals surface area contributed by atoms with Gasteiger partial charge in [0.1, 0.15) is 11.9 Å². The van der Waals surface area contributed by atoms with Gasteiger partial charge in [-0.25, -0.2) is 4.39 Å². The topological polar surface area (TPSA) is 40.6 Å². The Bertz CT molecular complexity index is 908. The molecule has 132 valence electrons. The summed E-state index contributed by atoms with van der Waals surface area (Å²) in [7, 11) is 0. The molecule has 0 unspecified atom stereocenters. The van der Waals surface area contributed by atoms with E-state index in [9.17, 15) is 14.0 Å². The molecule has 2 aliphatic rings. The van der Waals surface area contributed by atoms with Crippen LogP contribution in [0.4, 0.5) is 10.1 Å². The van der Waals surface area contributed by atoms with E-state index in [1.54, 1.807) is 23.1 Å². The highest BCUT2D eigenvalue weighted by molar-refractivity contribution is 6.05. The smallest absolute Gasteiger partial charge is 0.250 e. The van der Waals surface area contributed by atoms with Crippen LogP contribution < -0.4 is 4.90 Å². The van der Waals surface area contributed by atoms with E-state index in [-0.39, 0.29) is 23.7 Å². The van der Waals surface area contributed by atoms with Gasteiger partial charge in [-0.1, -0.05) is 24.3 Å². The second kappa shape index (κ2) is 6.41. The van der Waals surface area contributed by atoms with E-state index in [1.165, 1.54) is 18.2 Å². The highest BCUT2D eigenvalue weighted by Gasteiger charge is 2.51. The van der Waals surface area contributed by atoms with Crippen molar-refractivity contribution in [3.63, 3.8) is 0 Å². The first-order valence-electron chi connectivity index (χ1n) is 8.67. The van der Waals surface area contributed by atoms with Crippen molar-refractivity contribution in [3.05, 3.63) is 71.6 Å². The zero-order chi connectivity index (χ0) is 18.3. The molecule has 2 atom stereocenters. The maximum Gasteiger partial charge on any atom is 0.250 e. The molecule has 2 aromatic carbocycles. The second-order valence-corrected chi connectivity index (χ2v) is 6.83. The van der Waals surface area contributed by atoms with Crippen molar-refractivity contribution >= 4 is 23.6 Å². The van der Waals surface area contributed by atoms with Gasteiger partial charge in [-0.05, 0) is 54.8 Å². The molecule has 0 N–H and O–H groups in total. The van der Waals surface area contributed by atoms with Gasteiger partial charge in [0, 0.05) is 18.3 Å². The molecular weight excluding hydrogens is 331 g/mol. The van der Waals surface area contributed by atoms with E-state index in [0.717, 1.165) is 11.3 Å². The van der Waals surface area contributed by atoms with Gasteiger partial charge in [0.2, 0.25) is 11.8 Å². The second-order valence-electron chi connectivity index (χ2n) is 6.83. The fourth-order valence-corrected chi connectivity index (χ4v) is 3.81. The van der Waals surface area contributed by atoms with E-state index < -0.39 is 6.04 Å². The molecule has 2 amide bonds. The molecule has 2 bridgehead atoms. The van der Waals surface area contributed by atoms with E-state index in [0.29, 0.717) is 18.5 Å². The molecule has 2 aromatic rings. The molecule has 0 radical (unpaired) electrons. The number of nitrogens with zero attached hydrogens (tertiary/aromatic N) is 2. The van der Waals surface area contributed by atoms with Crippen LogP contribution in [0.1, 0.15) is 17.5 Å². The summed E-state index contributed by atoms with van der Waals surface area (Å²) in [4.78, 5) is 28.7. The predicted molar refractivity (Wildman–Crippen MR) is 98.0 cm³/mol. The van der Waals surface area contributed by atoms with Crippen LogP contribution in [0.15, 0.2) is 54.6 Å². The van der Waals surface area contributed by atoms with Crippen LogP contribution in [0, 0.1) is 12.7 Å². The third-order valence-corrected chi connectivity index (χ3v) is 5.00. The van der Waals surface area contributed by atoms with Gasteiger partial charge in [-0.15, -0.1) is 0 Å². The van der Waals surface area contributed by atoms with E-state index >= 15 is 0 Å². The first-order chi connectivity index (χ1) is 12.5. The van der Waals surface area contributed by atoms with Crippen LogP contribution in [0.2, 0.25) is 0 Å². The Kier molecular flexibility index (Phi) is 4.07. The van der Waals surface area contributed by atoms with Gasteiger partial charge in [0.25, 0.3) is 0 Å². The van der Waals surface area contributed by atoms with Gasteiger partial charge in [0.15, 0.2) is 0 Å². The lowest BCUT2D eigenvalue weighted by atomic mass is 10.1. The van der Waals surface area contributed by atoms with Crippen molar-refractivity contribution in [1.29, 1.82) is 0 Å². The summed E-state index contributed by atoms with van der Waals surface area (Å²) in [5.74, 6) is -0.581. The van der Waals surface area contributed by atoms with Crippen molar-refractivity contribution < 1.29 is 14.0 Å². The van der Waals surface area contributed by atoms with Crippen LogP contribution in [0.3, 0.4) is 0 Å². The molecule has 0 aromatic heterocycles. The van der Waals surface area contributed by atoms with Crippen molar-refractivity contribution in [2.24, 2.45) is 0 Å². The molecule has 0 spiro atoms. The number of piperazine rings is 1. The standard InChI is InChI=1S/C21H19FN2O2/c1-14-4-2-7-17(10-14)24-18-12-19(21(24)26)23(13-18)20(25)9-8-15-5-3-6-16(22)11-15/h2-11,18-19H,12-13H2,1H3/t18-,19-/m0/s1. The van der Waals surface area contributed by atoms with E-state index in [4.69, 9.17) is 0 Å². The molecule has 4 nitrogen and oxygen atoms in total. The van der Waals surface area contributed by atoms with Gasteiger partial charge >= 0.3 is 0 Å². The SMILES string of the molecule is Cc1cccc(N2C(=O)[C@@H]3C[C@H]2CN3C(=O)C=Cc2cccc(F)c2)c1. The molecule has 2 fully saturated rings. The summed E-state index contributed by atoms with van der Waals surface area (Å²) >= 11 is 0. The number of aryl methyl sites for hydroxylation is 1. The quantitative estimate of drug-likeness (QED) is 0.798. The maximum atomic E-state index is 13.2. The molecule has 0 saturated carbocycles. The van der Waals surface area contributed by atoms with Crippen LogP contribution in [0.25, 0.3) is 6.08 Å². The number of anilines is 1. The average Bonchev–Trinajstić information content (AvgIpc) is 3.18. The van der Waals surface area contributed by atoms with E-state index in [1.807, 2.05) is 36.1 Å². The number of carbonyl (C=O) groups excluding carboxylic acids is 2. The third kappa shape index (κ3) is 2.90. The van der Waals surface area contributed by atoms with Crippen molar-refractivity contribution in [3.8, 4) is 0 Å². The number of benzene rings is 2. The summed E-state index contributed by atoms with van der Waals surface area (Å²) in [6.45, 7) is 2.52. The monoisotopic (exact) mass is 350 g/mol. The Hall–Kier alpha value is -2.95. The summed E-state index contributed by atoms with van der Waals surface area (Å²) in [6, 6.07) is 13.5. The number of likely N-dealkylation sites (tertiary alicyclic amines) is 1. The first kappa shape index (κ1) is 16.5. The molecule has 26 heavy (non-hydrogen) atoms. The van der Waals surface area contributed by atoms with Gasteiger partial charge in [0.05, 0.1) is 6.04 Å². The predicted octanol–water partition coefficient (Wildman–Crippen LogP) is 3.16. The lowest BCUT2D eigenvalue weighted by molar-refractivity contribution is -0.134. The summed E-state index contributed by atoms with van der Waals surface area (Å²) in [6.07, 6.45) is 3.66. The lowest BCUT2D eigenvalue weighted by Gasteiger charge is -2.33. The average molecular weight is 350 g/mol. The summed E-state index contributed by atoms with van der Waals surface area (Å²) in [5.41, 5.74) is 2.62. The summed E-state index contributed by atoms with van der Waals surface area (Å²) in [5, 5.41) is 0. The molecule has 0 aliphatic carbocycles. The fraction of sp³-hybridized carbons (Fsp3) is 0.238. The lowest BCUT2D eigenvalue weighted by Crippen LogP contribution is -2.52. The van der Waals surface area contributed by atoms with E-state index in [2.05, 4.69) is 0 Å². The number of amides is 2. The van der Waals surface area contributed by atoms with Crippen molar-refractivity contribution in [2.45, 2.75) is 25.4 Å².